The number of aliphatic hydroxyl groups excluding tert-OH is 1. The predicted molar refractivity (Wildman–Crippen MR) is 216 cm³/mol. The molecule has 1 amide bonds. The monoisotopic (exact) mass is 768 g/mol. The molecule has 10 heteroatoms. The first-order valence-electron chi connectivity index (χ1n) is 18.7. The molecule has 2 heterocycles. The van der Waals surface area contributed by atoms with Gasteiger partial charge in [0.1, 0.15) is 5.69 Å². The maximum atomic E-state index is 12.6. The van der Waals surface area contributed by atoms with Crippen LogP contribution in [-0.2, 0) is 37.0 Å². The van der Waals surface area contributed by atoms with E-state index >= 15 is 0 Å². The van der Waals surface area contributed by atoms with Crippen LogP contribution in [-0.4, -0.2) is 39.9 Å². The molecule has 0 aliphatic carbocycles. The zero-order valence-corrected chi connectivity index (χ0v) is 32.3. The molecule has 1 aromatic heterocycles. The van der Waals surface area contributed by atoms with Gasteiger partial charge in [-0.25, -0.2) is 4.98 Å². The third-order valence-corrected chi connectivity index (χ3v) is 10.8. The minimum Gasteiger partial charge on any atom is -0.453 e. The van der Waals surface area contributed by atoms with Crippen molar-refractivity contribution in [3.63, 3.8) is 0 Å². The molecule has 7 rings (SSSR count). The zero-order valence-electron chi connectivity index (χ0n) is 31.5. The Morgan fingerprint density at radius 2 is 1.45 bits per heavy atom. The largest absolute Gasteiger partial charge is 0.453 e. The van der Waals surface area contributed by atoms with Crippen LogP contribution in [0.5, 0.6) is 0 Å². The van der Waals surface area contributed by atoms with E-state index in [-0.39, 0.29) is 37.2 Å². The van der Waals surface area contributed by atoms with E-state index in [1.807, 2.05) is 133 Å². The second kappa shape index (κ2) is 18.0. The second-order valence-electron chi connectivity index (χ2n) is 13.8. The Morgan fingerprint density at radius 1 is 0.804 bits per heavy atom. The summed E-state index contributed by atoms with van der Waals surface area (Å²) < 4.78 is 25.0. The van der Waals surface area contributed by atoms with Crippen LogP contribution in [0, 0.1) is 5.92 Å². The predicted octanol–water partition coefficient (Wildman–Crippen LogP) is 9.32. The van der Waals surface area contributed by atoms with E-state index in [4.69, 9.17) is 23.6 Å². The van der Waals surface area contributed by atoms with E-state index in [0.717, 1.165) is 56.0 Å². The normalized spacial score (nSPS) is 18.6. The van der Waals surface area contributed by atoms with Crippen molar-refractivity contribution in [2.45, 2.75) is 63.7 Å². The Bertz CT molecular complexity index is 2170. The number of aliphatic hydroxyl groups is 1. The molecule has 0 unspecified atom stereocenters. The highest BCUT2D eigenvalue weighted by Gasteiger charge is 2.39. The molecule has 1 aliphatic rings. The third kappa shape index (κ3) is 9.12. The summed E-state index contributed by atoms with van der Waals surface area (Å²) in [5.41, 5.74) is 8.27. The molecule has 0 spiro atoms. The Morgan fingerprint density at radius 3 is 2.12 bits per heavy atom. The van der Waals surface area contributed by atoms with E-state index in [9.17, 15) is 14.7 Å². The highest BCUT2D eigenvalue weighted by atomic mass is 32.2. The molecule has 0 bridgehead atoms. The molecule has 6 aromatic rings. The quantitative estimate of drug-likeness (QED) is 0.0875. The fourth-order valence-corrected chi connectivity index (χ4v) is 7.79. The molecule has 5 atom stereocenters. The van der Waals surface area contributed by atoms with Crippen LogP contribution in [0.2, 0.25) is 0 Å². The lowest BCUT2D eigenvalue weighted by Gasteiger charge is -2.41. The maximum Gasteiger partial charge on any atom is 0.303 e. The number of hydrogen-bond acceptors (Lipinski definition) is 9. The zero-order chi connectivity index (χ0) is 39.0. The minimum absolute atomic E-state index is 0.0270. The van der Waals surface area contributed by atoms with Gasteiger partial charge in [-0.1, -0.05) is 152 Å². The van der Waals surface area contributed by atoms with Gasteiger partial charge in [-0.05, 0) is 34.7 Å². The molecule has 1 fully saturated rings. The summed E-state index contributed by atoms with van der Waals surface area (Å²) in [6.07, 6.45) is -2.05. The van der Waals surface area contributed by atoms with Crippen molar-refractivity contribution in [2.24, 2.45) is 5.92 Å². The first-order valence-corrected chi connectivity index (χ1v) is 19.6. The average molecular weight is 769 g/mol. The van der Waals surface area contributed by atoms with Crippen LogP contribution >= 0.6 is 11.8 Å². The van der Waals surface area contributed by atoms with Crippen molar-refractivity contribution in [3.8, 4) is 33.7 Å². The van der Waals surface area contributed by atoms with Gasteiger partial charge in [-0.3, -0.25) is 9.59 Å². The van der Waals surface area contributed by atoms with Gasteiger partial charge in [-0.15, -0.1) is 0 Å². The first-order chi connectivity index (χ1) is 27.3. The molecule has 0 saturated carbocycles. The fourth-order valence-electron chi connectivity index (χ4n) is 6.81. The Balaban J connectivity index is 1.12. The van der Waals surface area contributed by atoms with Crippen molar-refractivity contribution in [2.75, 3.05) is 5.75 Å². The molecule has 1 aliphatic heterocycles. The van der Waals surface area contributed by atoms with Gasteiger partial charge >= 0.3 is 5.97 Å². The van der Waals surface area contributed by atoms with Crippen LogP contribution in [0.1, 0.15) is 55.4 Å². The number of ether oxygens (including phenoxy) is 3. The molecular weight excluding hydrogens is 725 g/mol. The number of thioether (sulfide) groups is 1. The van der Waals surface area contributed by atoms with Crippen LogP contribution in [0.3, 0.4) is 0 Å². The van der Waals surface area contributed by atoms with Gasteiger partial charge < -0.3 is 29.1 Å². The third-order valence-electron chi connectivity index (χ3n) is 9.86. The summed E-state index contributed by atoms with van der Waals surface area (Å²) in [6, 6.07) is 43.9. The van der Waals surface area contributed by atoms with Gasteiger partial charge in [0.2, 0.25) is 0 Å². The van der Waals surface area contributed by atoms with Crippen molar-refractivity contribution in [1.29, 1.82) is 0 Å². The van der Waals surface area contributed by atoms with Gasteiger partial charge in [0, 0.05) is 41.8 Å². The van der Waals surface area contributed by atoms with Crippen LogP contribution in [0.4, 0.5) is 0 Å². The summed E-state index contributed by atoms with van der Waals surface area (Å²) in [4.78, 5) is 28.8. The number of benzene rings is 5. The molecule has 56 heavy (non-hydrogen) atoms. The smallest absolute Gasteiger partial charge is 0.303 e. The SMILES string of the molecule is CC(=O)O[C@@H](C)C(=O)NCc1ccccc1-c1ccc([C@@H]2O[C@H](CSc3nc(-c4ccccc4)c(-c4ccccc4)o3)[C@H](C)[C@H](c3ccc(CO)cc3)O2)cc1. The van der Waals surface area contributed by atoms with Gasteiger partial charge in [0.25, 0.3) is 11.1 Å². The molecule has 5 aromatic carbocycles. The Kier molecular flexibility index (Phi) is 12.4. The van der Waals surface area contributed by atoms with E-state index in [0.29, 0.717) is 11.0 Å². The second-order valence-corrected chi connectivity index (χ2v) is 14.7. The van der Waals surface area contributed by atoms with E-state index in [2.05, 4.69) is 12.2 Å². The molecule has 2 N–H and O–H groups in total. The molecule has 0 radical (unpaired) electrons. The molecule has 286 valence electrons. The van der Waals surface area contributed by atoms with E-state index in [1.54, 1.807) is 6.92 Å². The van der Waals surface area contributed by atoms with Crippen molar-refractivity contribution in [3.05, 3.63) is 156 Å². The van der Waals surface area contributed by atoms with Gasteiger partial charge in [-0.2, -0.15) is 0 Å². The van der Waals surface area contributed by atoms with Crippen molar-refractivity contribution >= 4 is 23.6 Å². The number of nitrogens with one attached hydrogen (secondary N) is 1. The lowest BCUT2D eigenvalue weighted by Crippen LogP contribution is -2.38. The number of hydrogen-bond donors (Lipinski definition) is 2. The van der Waals surface area contributed by atoms with Gasteiger partial charge in [0.15, 0.2) is 18.2 Å². The topological polar surface area (TPSA) is 120 Å². The van der Waals surface area contributed by atoms with E-state index in [1.165, 1.54) is 18.7 Å². The number of oxazole rings is 1. The minimum atomic E-state index is -0.885. The van der Waals surface area contributed by atoms with Crippen molar-refractivity contribution in [1.82, 2.24) is 10.3 Å². The lowest BCUT2D eigenvalue weighted by molar-refractivity contribution is -0.268. The average Bonchev–Trinajstić information content (AvgIpc) is 3.67. The molecular formula is C46H44N2O7S. The fraction of sp³-hybridized carbons (Fsp3) is 0.239. The van der Waals surface area contributed by atoms with E-state index < -0.39 is 18.4 Å². The number of rotatable bonds is 13. The summed E-state index contributed by atoms with van der Waals surface area (Å²) in [5, 5.41) is 13.1. The van der Waals surface area contributed by atoms with Crippen LogP contribution < -0.4 is 5.32 Å². The summed E-state index contributed by atoms with van der Waals surface area (Å²) in [7, 11) is 0. The highest BCUT2D eigenvalue weighted by Crippen LogP contribution is 2.44. The Labute approximate surface area is 331 Å². The first kappa shape index (κ1) is 38.7. The highest BCUT2D eigenvalue weighted by molar-refractivity contribution is 7.99. The number of nitrogens with zero attached hydrogens (tertiary/aromatic N) is 1. The number of aromatic nitrogens is 1. The standard InChI is InChI=1S/C46H44N2O7S/c1-29-40(28-56-46-48-41(34-12-6-4-7-13-34)43(55-46)35-14-8-5-9-15-35)53-45(54-42(29)36-20-18-32(27-49)19-21-36)37-24-22-33(23-25-37)39-17-11-10-16-38(39)26-47-44(51)30(2)52-31(3)50/h4-25,29-30,40,42,45,49H,26-28H2,1-3H3,(H,47,51)/t29-,30-,40+,42+,45+/m0/s1. The number of amides is 1. The lowest BCUT2D eigenvalue weighted by atomic mass is 9.91. The van der Waals surface area contributed by atoms with Crippen LogP contribution in [0.25, 0.3) is 33.7 Å². The van der Waals surface area contributed by atoms with Crippen LogP contribution in [0.15, 0.2) is 143 Å². The Hall–Kier alpha value is -5.52. The summed E-state index contributed by atoms with van der Waals surface area (Å²) in [6.45, 7) is 5.21. The van der Waals surface area contributed by atoms with Crippen molar-refractivity contribution < 1.29 is 33.3 Å². The molecule has 9 nitrogen and oxygen atoms in total. The molecule has 1 saturated heterocycles. The number of carbonyl (C=O) groups excluding carboxylic acids is 2. The van der Waals surface area contributed by atoms with Gasteiger partial charge in [0.05, 0.1) is 18.8 Å². The number of esters is 1. The maximum absolute atomic E-state index is 12.6. The summed E-state index contributed by atoms with van der Waals surface area (Å²) in [5.74, 6) is 0.397. The number of carbonyl (C=O) groups is 2. The summed E-state index contributed by atoms with van der Waals surface area (Å²) >= 11 is 1.52.